The number of benzene rings is 2. The van der Waals surface area contributed by atoms with Crippen LogP contribution in [0.25, 0.3) is 0 Å². The van der Waals surface area contributed by atoms with Gasteiger partial charge in [0, 0.05) is 0 Å². The van der Waals surface area contributed by atoms with Crippen molar-refractivity contribution in [3.05, 3.63) is 70.2 Å². The zero-order valence-corrected chi connectivity index (χ0v) is 15.7. The molecule has 0 heterocycles. The van der Waals surface area contributed by atoms with Crippen molar-refractivity contribution in [1.82, 2.24) is 0 Å². The minimum absolute atomic E-state index is 0.405. The minimum atomic E-state index is -1.20. The van der Waals surface area contributed by atoms with E-state index in [2.05, 4.69) is 86.0 Å². The van der Waals surface area contributed by atoms with Gasteiger partial charge in [0.1, 0.15) is 0 Å². The molecule has 0 saturated heterocycles. The zero-order valence-electron chi connectivity index (χ0n) is 12.2. The van der Waals surface area contributed by atoms with Crippen LogP contribution in [0.1, 0.15) is 0 Å². The molecule has 2 aromatic carbocycles. The van der Waals surface area contributed by atoms with E-state index in [1.165, 1.54) is 13.2 Å². The third-order valence-corrected chi connectivity index (χ3v) is 7.83. The molecule has 0 N–H and O–H groups in total. The molecule has 2 rings (SSSR count). The quantitative estimate of drug-likeness (QED) is 0.556. The van der Waals surface area contributed by atoms with E-state index in [0.29, 0.717) is 15.0 Å². The molecular formula is C17H20SSeSi. The monoisotopic (exact) mass is 364 g/mol. The molecule has 0 fully saturated rings. The van der Waals surface area contributed by atoms with Crippen LogP contribution in [0.2, 0.25) is 19.6 Å². The summed E-state index contributed by atoms with van der Waals surface area (Å²) < 4.78 is 2.99. The first-order chi connectivity index (χ1) is 9.53. The third-order valence-electron chi connectivity index (χ3n) is 2.47. The summed E-state index contributed by atoms with van der Waals surface area (Å²) in [7, 11) is -1.20. The van der Waals surface area contributed by atoms with Gasteiger partial charge in [0.2, 0.25) is 0 Å². The standard InChI is InChI=1S/C17H20SSeSi/c1-20(2,3)14-17(18-15-10-6-4-7-11-15)19-16-12-8-5-9-13-16/h4-14H,1-3H3/b17-14+. The van der Waals surface area contributed by atoms with Crippen LogP contribution < -0.4 is 4.46 Å². The Labute approximate surface area is 133 Å². The first-order valence-corrected chi connectivity index (χ1v) is 12.8. The fraction of sp³-hybridized carbons (Fsp3) is 0.176. The number of thioether (sulfide) groups is 1. The van der Waals surface area contributed by atoms with Crippen molar-refractivity contribution < 1.29 is 0 Å². The van der Waals surface area contributed by atoms with Gasteiger partial charge in [0.15, 0.2) is 0 Å². The number of rotatable bonds is 5. The number of hydrogen-bond acceptors (Lipinski definition) is 1. The second-order valence-electron chi connectivity index (χ2n) is 5.66. The first-order valence-electron chi connectivity index (χ1n) is 6.72. The van der Waals surface area contributed by atoms with Crippen LogP contribution in [0, 0.1) is 0 Å². The van der Waals surface area contributed by atoms with E-state index in [9.17, 15) is 0 Å². The topological polar surface area (TPSA) is 0 Å². The maximum absolute atomic E-state index is 2.55. The second-order valence-corrected chi connectivity index (χ2v) is 14.7. The van der Waals surface area contributed by atoms with Gasteiger partial charge in [-0.25, -0.2) is 0 Å². The molecule has 0 amide bonds. The number of hydrogen-bond donors (Lipinski definition) is 0. The molecule has 0 spiro atoms. The van der Waals surface area contributed by atoms with Crippen LogP contribution in [0.3, 0.4) is 0 Å². The van der Waals surface area contributed by atoms with Crippen LogP contribution in [-0.2, 0) is 0 Å². The Balaban J connectivity index is 2.20. The molecule has 0 atom stereocenters. The summed E-state index contributed by atoms with van der Waals surface area (Å²) >= 11 is 2.34. The van der Waals surface area contributed by atoms with Gasteiger partial charge in [-0.2, -0.15) is 0 Å². The van der Waals surface area contributed by atoms with E-state index in [0.717, 1.165) is 0 Å². The van der Waals surface area contributed by atoms with E-state index < -0.39 is 8.07 Å². The average molecular weight is 363 g/mol. The fourth-order valence-corrected chi connectivity index (χ4v) is 9.34. The van der Waals surface area contributed by atoms with Crippen molar-refractivity contribution >= 4 is 39.3 Å². The van der Waals surface area contributed by atoms with E-state index in [1.54, 1.807) is 0 Å². The molecule has 0 aliphatic carbocycles. The summed E-state index contributed by atoms with van der Waals surface area (Å²) in [5.74, 6) is 0. The predicted molar refractivity (Wildman–Crippen MR) is 95.6 cm³/mol. The zero-order chi connectivity index (χ0) is 14.4. The Morgan fingerprint density at radius 1 is 0.900 bits per heavy atom. The van der Waals surface area contributed by atoms with Crippen LogP contribution >= 0.6 is 11.8 Å². The Hall–Kier alpha value is -0.734. The summed E-state index contributed by atoms with van der Waals surface area (Å²) in [5, 5.41) is 0. The van der Waals surface area contributed by atoms with Crippen molar-refractivity contribution in [2.45, 2.75) is 24.5 Å². The van der Waals surface area contributed by atoms with E-state index in [4.69, 9.17) is 0 Å². The van der Waals surface area contributed by atoms with Crippen molar-refractivity contribution in [2.75, 3.05) is 0 Å². The third kappa shape index (κ3) is 5.72. The van der Waals surface area contributed by atoms with Crippen LogP contribution in [0.5, 0.6) is 0 Å². The average Bonchev–Trinajstić information content (AvgIpc) is 2.39. The molecule has 104 valence electrons. The Kier molecular flexibility index (Phi) is 5.73. The molecule has 0 saturated carbocycles. The summed E-state index contributed by atoms with van der Waals surface area (Å²) in [6.07, 6.45) is 0. The summed E-state index contributed by atoms with van der Waals surface area (Å²) in [4.78, 5) is 1.34. The SMILES string of the molecule is C[Si](C)(C)/C=C(\Sc1ccccc1)[Se]c1ccccc1. The molecule has 0 aliphatic rings. The molecule has 3 heteroatoms. The van der Waals surface area contributed by atoms with E-state index in [-0.39, 0.29) is 0 Å². The Morgan fingerprint density at radius 3 is 2.00 bits per heavy atom. The molecule has 0 aliphatic heterocycles. The van der Waals surface area contributed by atoms with Crippen LogP contribution in [0.15, 0.2) is 75.1 Å². The van der Waals surface area contributed by atoms with Gasteiger partial charge in [-0.15, -0.1) is 0 Å². The van der Waals surface area contributed by atoms with Gasteiger partial charge >= 0.3 is 134 Å². The van der Waals surface area contributed by atoms with Gasteiger partial charge < -0.3 is 0 Å². The first kappa shape index (κ1) is 15.7. The molecule has 0 bridgehead atoms. The van der Waals surface area contributed by atoms with Gasteiger partial charge in [-0.1, -0.05) is 0 Å². The molecular weight excluding hydrogens is 343 g/mol. The molecule has 0 aromatic heterocycles. The van der Waals surface area contributed by atoms with Crippen LogP contribution in [0.4, 0.5) is 0 Å². The summed E-state index contributed by atoms with van der Waals surface area (Å²) in [6, 6.07) is 21.5. The van der Waals surface area contributed by atoms with Crippen LogP contribution in [-0.4, -0.2) is 23.0 Å². The molecule has 2 aromatic rings. The van der Waals surface area contributed by atoms with Crippen molar-refractivity contribution in [3.8, 4) is 0 Å². The van der Waals surface area contributed by atoms with Crippen molar-refractivity contribution in [3.63, 3.8) is 0 Å². The predicted octanol–water partition coefficient (Wildman–Crippen LogP) is 4.53. The Bertz CT molecular complexity index is 515. The molecule has 0 radical (unpaired) electrons. The maximum atomic E-state index is 2.55. The van der Waals surface area contributed by atoms with Crippen molar-refractivity contribution in [1.29, 1.82) is 0 Å². The fourth-order valence-electron chi connectivity index (χ4n) is 1.64. The summed E-state index contributed by atoms with van der Waals surface area (Å²) in [5.41, 5.74) is 2.55. The van der Waals surface area contributed by atoms with Crippen molar-refractivity contribution in [2.24, 2.45) is 0 Å². The van der Waals surface area contributed by atoms with E-state index >= 15 is 0 Å². The van der Waals surface area contributed by atoms with Gasteiger partial charge in [-0.3, -0.25) is 0 Å². The second kappa shape index (κ2) is 7.32. The molecule has 0 unspecified atom stereocenters. The van der Waals surface area contributed by atoms with E-state index in [1.807, 2.05) is 11.8 Å². The van der Waals surface area contributed by atoms with Gasteiger partial charge in [-0.05, 0) is 0 Å². The molecule has 20 heavy (non-hydrogen) atoms. The normalized spacial score (nSPS) is 12.4. The molecule has 0 nitrogen and oxygen atoms in total. The summed E-state index contributed by atoms with van der Waals surface area (Å²) in [6.45, 7) is 7.21. The van der Waals surface area contributed by atoms with Gasteiger partial charge in [0.05, 0.1) is 0 Å². The van der Waals surface area contributed by atoms with Gasteiger partial charge in [0.25, 0.3) is 0 Å². The Morgan fingerprint density at radius 2 is 1.45 bits per heavy atom.